The number of hydrogen-bond acceptors (Lipinski definition) is 9. The molecule has 1 rings (SSSR count). The van der Waals surface area contributed by atoms with Crippen LogP contribution in [-0.4, -0.2) is 98.7 Å². The van der Waals surface area contributed by atoms with Gasteiger partial charge in [0.25, 0.3) is 0 Å². The molecule has 0 aromatic rings. The number of carbonyl (C=O) groups is 1. The maximum atomic E-state index is 13.1. The van der Waals surface area contributed by atoms with Crippen LogP contribution in [0, 0.1) is 0 Å². The maximum Gasteiger partial charge on any atom is 0.249 e. The number of carbonyl (C=O) groups excluding carboxylic acids is 1. The lowest BCUT2D eigenvalue weighted by atomic mass is 9.99. The molecule has 0 bridgehead atoms. The first-order valence-electron chi connectivity index (χ1n) is 26.5. The fourth-order valence-electron chi connectivity index (χ4n) is 8.64. The van der Waals surface area contributed by atoms with E-state index < -0.39 is 61.5 Å². The summed E-state index contributed by atoms with van der Waals surface area (Å²) in [5, 5.41) is 64.9. The highest BCUT2D eigenvalue weighted by Crippen LogP contribution is 2.23. The predicted molar refractivity (Wildman–Crippen MR) is 255 cm³/mol. The van der Waals surface area contributed by atoms with Crippen LogP contribution < -0.4 is 5.32 Å². The zero-order chi connectivity index (χ0) is 45.3. The van der Waals surface area contributed by atoms with Crippen molar-refractivity contribution in [3.05, 3.63) is 12.2 Å². The van der Waals surface area contributed by atoms with Crippen molar-refractivity contribution in [2.24, 2.45) is 0 Å². The molecule has 0 saturated carbocycles. The molecular weight excluding hydrogens is 783 g/mol. The van der Waals surface area contributed by atoms with Crippen LogP contribution in [0.4, 0.5) is 0 Å². The summed E-state index contributed by atoms with van der Waals surface area (Å²) in [6, 6.07) is -0.975. The van der Waals surface area contributed by atoms with E-state index in [9.17, 15) is 35.4 Å². The van der Waals surface area contributed by atoms with E-state index in [4.69, 9.17) is 9.47 Å². The van der Waals surface area contributed by atoms with Crippen molar-refractivity contribution in [2.75, 3.05) is 13.2 Å². The van der Waals surface area contributed by atoms with Gasteiger partial charge >= 0.3 is 0 Å². The predicted octanol–water partition coefficient (Wildman–Crippen LogP) is 11.0. The normalized spacial score (nSPS) is 20.8. The second-order valence-electron chi connectivity index (χ2n) is 18.8. The highest BCUT2D eigenvalue weighted by molar-refractivity contribution is 5.80. The molecule has 10 nitrogen and oxygen atoms in total. The monoisotopic (exact) mass is 884 g/mol. The van der Waals surface area contributed by atoms with Gasteiger partial charge < -0.3 is 45.4 Å². The molecule has 7 N–H and O–H groups in total. The van der Waals surface area contributed by atoms with Crippen LogP contribution in [0.2, 0.25) is 0 Å². The molecule has 62 heavy (non-hydrogen) atoms. The molecule has 1 heterocycles. The van der Waals surface area contributed by atoms with Gasteiger partial charge in [0.05, 0.1) is 25.4 Å². The minimum atomic E-state index is -1.61. The van der Waals surface area contributed by atoms with E-state index in [-0.39, 0.29) is 6.61 Å². The second-order valence-corrected chi connectivity index (χ2v) is 18.8. The minimum Gasteiger partial charge on any atom is -0.394 e. The molecule has 10 heteroatoms. The largest absolute Gasteiger partial charge is 0.394 e. The first-order chi connectivity index (χ1) is 30.3. The van der Waals surface area contributed by atoms with Gasteiger partial charge in [-0.2, -0.15) is 0 Å². The molecule has 8 unspecified atom stereocenters. The molecule has 368 valence electrons. The summed E-state index contributed by atoms with van der Waals surface area (Å²) < 4.78 is 11.2. The Balaban J connectivity index is 2.30. The van der Waals surface area contributed by atoms with Gasteiger partial charge in [-0.15, -0.1) is 0 Å². The first kappa shape index (κ1) is 58.9. The van der Waals surface area contributed by atoms with Crippen LogP contribution in [0.15, 0.2) is 12.2 Å². The molecule has 1 aliphatic rings. The Morgan fingerprint density at radius 2 is 0.919 bits per heavy atom. The van der Waals surface area contributed by atoms with Gasteiger partial charge in [0.15, 0.2) is 6.29 Å². The molecule has 0 aromatic carbocycles. The number of aliphatic hydroxyl groups excluding tert-OH is 6. The second kappa shape index (κ2) is 42.5. The zero-order valence-electron chi connectivity index (χ0n) is 40.3. The third-order valence-electron chi connectivity index (χ3n) is 13.0. The number of amides is 1. The third-order valence-corrected chi connectivity index (χ3v) is 13.0. The average Bonchev–Trinajstić information content (AvgIpc) is 3.27. The van der Waals surface area contributed by atoms with E-state index in [0.717, 1.165) is 44.9 Å². The number of hydrogen-bond donors (Lipinski definition) is 7. The molecule has 8 atom stereocenters. The summed E-state index contributed by atoms with van der Waals surface area (Å²) in [5.41, 5.74) is 0. The minimum absolute atomic E-state index is 0.301. The number of aliphatic hydroxyl groups is 6. The molecule has 1 fully saturated rings. The van der Waals surface area contributed by atoms with Crippen LogP contribution in [0.1, 0.15) is 251 Å². The maximum absolute atomic E-state index is 13.1. The number of unbranched alkanes of at least 4 members (excludes halogenated alkanes) is 34. The van der Waals surface area contributed by atoms with Crippen LogP contribution in [-0.2, 0) is 14.3 Å². The van der Waals surface area contributed by atoms with Crippen molar-refractivity contribution in [1.29, 1.82) is 0 Å². The summed E-state index contributed by atoms with van der Waals surface area (Å²) in [4.78, 5) is 13.1. The van der Waals surface area contributed by atoms with Crippen molar-refractivity contribution >= 4 is 5.91 Å². The molecule has 0 radical (unpaired) electrons. The standard InChI is InChI=1S/C52H101NO9/c1-3-5-7-9-11-13-15-17-19-20-21-22-23-24-25-27-29-31-33-35-37-39-41-46(56)51(60)53-44(43-61-52-50(59)49(58)48(57)47(42-54)62-52)45(55)40-38-36-34-32-30-28-26-18-16-14-12-10-8-6-4-2/h38,40,44-50,52,54-59H,3-37,39,41-43H2,1-2H3,(H,53,60)/b40-38+. The first-order valence-corrected chi connectivity index (χ1v) is 26.5. The SMILES string of the molecule is CCCCCCCCCCCCCCC/C=C/C(O)C(COC1OC(CO)C(O)C(O)C1O)NC(=O)C(O)CCCCCCCCCCCCCCCCCCCCCCCC. The number of nitrogens with one attached hydrogen (secondary N) is 1. The van der Waals surface area contributed by atoms with E-state index in [1.165, 1.54) is 186 Å². The lowest BCUT2D eigenvalue weighted by Gasteiger charge is -2.40. The third kappa shape index (κ3) is 31.7. The van der Waals surface area contributed by atoms with Crippen molar-refractivity contribution in [2.45, 2.75) is 300 Å². The topological polar surface area (TPSA) is 169 Å². The van der Waals surface area contributed by atoms with E-state index in [0.29, 0.717) is 6.42 Å². The highest BCUT2D eigenvalue weighted by Gasteiger charge is 2.44. The molecular formula is C52H101NO9. The molecule has 1 saturated heterocycles. The van der Waals surface area contributed by atoms with Gasteiger partial charge in [-0.25, -0.2) is 0 Å². The Labute approximate surface area is 380 Å². The summed E-state index contributed by atoms with van der Waals surface area (Å²) in [7, 11) is 0. The van der Waals surface area contributed by atoms with Gasteiger partial charge in [-0.05, 0) is 19.3 Å². The van der Waals surface area contributed by atoms with E-state index in [2.05, 4.69) is 19.2 Å². The van der Waals surface area contributed by atoms with Crippen molar-refractivity contribution in [3.8, 4) is 0 Å². The summed E-state index contributed by atoms with van der Waals surface area (Å²) >= 11 is 0. The van der Waals surface area contributed by atoms with E-state index in [1.54, 1.807) is 6.08 Å². The molecule has 1 aliphatic heterocycles. The Bertz CT molecular complexity index is 999. The van der Waals surface area contributed by atoms with Crippen LogP contribution >= 0.6 is 0 Å². The van der Waals surface area contributed by atoms with E-state index >= 15 is 0 Å². The Morgan fingerprint density at radius 1 is 0.548 bits per heavy atom. The van der Waals surface area contributed by atoms with Gasteiger partial charge in [0.2, 0.25) is 5.91 Å². The molecule has 0 aliphatic carbocycles. The fraction of sp³-hybridized carbons (Fsp3) is 0.942. The van der Waals surface area contributed by atoms with Crippen molar-refractivity contribution < 1.29 is 44.9 Å². The lowest BCUT2D eigenvalue weighted by Crippen LogP contribution is -2.60. The average molecular weight is 884 g/mol. The highest BCUT2D eigenvalue weighted by atomic mass is 16.7. The van der Waals surface area contributed by atoms with E-state index in [1.807, 2.05) is 6.08 Å². The summed E-state index contributed by atoms with van der Waals surface area (Å²) in [6.45, 7) is 3.64. The van der Waals surface area contributed by atoms with Gasteiger partial charge in [0, 0.05) is 0 Å². The Hall–Kier alpha value is -1.11. The van der Waals surface area contributed by atoms with Gasteiger partial charge in [-0.3, -0.25) is 4.79 Å². The molecule has 0 spiro atoms. The van der Waals surface area contributed by atoms with Crippen LogP contribution in [0.3, 0.4) is 0 Å². The number of ether oxygens (including phenoxy) is 2. The van der Waals surface area contributed by atoms with Gasteiger partial charge in [-0.1, -0.05) is 244 Å². The number of rotatable bonds is 45. The van der Waals surface area contributed by atoms with Gasteiger partial charge in [0.1, 0.15) is 30.5 Å². The Kier molecular flexibility index (Phi) is 40.4. The Morgan fingerprint density at radius 3 is 1.31 bits per heavy atom. The lowest BCUT2D eigenvalue weighted by molar-refractivity contribution is -0.302. The van der Waals surface area contributed by atoms with Crippen LogP contribution in [0.25, 0.3) is 0 Å². The van der Waals surface area contributed by atoms with Crippen LogP contribution in [0.5, 0.6) is 0 Å². The fourth-order valence-corrected chi connectivity index (χ4v) is 8.64. The quantitative estimate of drug-likeness (QED) is 0.0232. The van der Waals surface area contributed by atoms with Crippen molar-refractivity contribution in [1.82, 2.24) is 5.32 Å². The number of allylic oxidation sites excluding steroid dienone is 1. The smallest absolute Gasteiger partial charge is 0.249 e. The molecule has 0 aromatic heterocycles. The zero-order valence-corrected chi connectivity index (χ0v) is 40.3. The summed E-state index contributed by atoms with van der Waals surface area (Å²) in [5.74, 6) is -0.611. The summed E-state index contributed by atoms with van der Waals surface area (Å²) in [6.07, 6.45) is 40.2. The van der Waals surface area contributed by atoms with Crippen molar-refractivity contribution in [3.63, 3.8) is 0 Å². The molecule has 1 amide bonds.